The number of nitrogens with one attached hydrogen (secondary N) is 1. The van der Waals surface area contributed by atoms with Crippen molar-refractivity contribution in [2.24, 2.45) is 11.8 Å². The van der Waals surface area contributed by atoms with E-state index in [1.165, 1.54) is 32.1 Å². The van der Waals surface area contributed by atoms with Crippen molar-refractivity contribution in [2.75, 3.05) is 6.54 Å². The Kier molecular flexibility index (Phi) is 5.79. The summed E-state index contributed by atoms with van der Waals surface area (Å²) >= 11 is 0. The molecule has 0 aromatic rings. The minimum Gasteiger partial charge on any atom is -0.313 e. The van der Waals surface area contributed by atoms with Crippen molar-refractivity contribution >= 4 is 0 Å². The number of rotatable bonds is 5. The summed E-state index contributed by atoms with van der Waals surface area (Å²) < 4.78 is 0. The van der Waals surface area contributed by atoms with Crippen molar-refractivity contribution in [3.63, 3.8) is 0 Å². The van der Waals surface area contributed by atoms with E-state index in [2.05, 4.69) is 25.1 Å². The van der Waals surface area contributed by atoms with Crippen molar-refractivity contribution in [1.82, 2.24) is 5.32 Å². The predicted octanol–water partition coefficient (Wildman–Crippen LogP) is 3.20. The molecule has 15 heavy (non-hydrogen) atoms. The highest BCUT2D eigenvalue weighted by Gasteiger charge is 2.24. The quantitative estimate of drug-likeness (QED) is 0.683. The minimum absolute atomic E-state index is 0.572. The molecule has 0 aromatic heterocycles. The lowest BCUT2D eigenvalue weighted by atomic mass is 9.78. The van der Waals surface area contributed by atoms with E-state index in [9.17, 15) is 0 Å². The van der Waals surface area contributed by atoms with E-state index in [0.29, 0.717) is 6.04 Å². The van der Waals surface area contributed by atoms with Crippen molar-refractivity contribution in [3.8, 4) is 12.3 Å². The molecule has 1 nitrogen and oxygen atoms in total. The van der Waals surface area contributed by atoms with Gasteiger partial charge >= 0.3 is 0 Å². The zero-order valence-corrected chi connectivity index (χ0v) is 10.3. The van der Waals surface area contributed by atoms with Gasteiger partial charge in [0.25, 0.3) is 0 Å². The Hall–Kier alpha value is -0.480. The fraction of sp³-hybridized carbons (Fsp3) is 0.857. The van der Waals surface area contributed by atoms with Gasteiger partial charge in [0.15, 0.2) is 0 Å². The van der Waals surface area contributed by atoms with E-state index in [1.807, 2.05) is 0 Å². The van der Waals surface area contributed by atoms with Crippen LogP contribution in [0.25, 0.3) is 0 Å². The molecular formula is C14H25N. The minimum atomic E-state index is 0.572. The van der Waals surface area contributed by atoms with Crippen molar-refractivity contribution in [3.05, 3.63) is 0 Å². The summed E-state index contributed by atoms with van der Waals surface area (Å²) in [5.41, 5.74) is 0. The van der Waals surface area contributed by atoms with Crippen LogP contribution in [0.15, 0.2) is 0 Å². The molecule has 1 aliphatic rings. The van der Waals surface area contributed by atoms with E-state index < -0.39 is 0 Å². The summed E-state index contributed by atoms with van der Waals surface area (Å²) in [6.07, 6.45) is 13.1. The van der Waals surface area contributed by atoms with Gasteiger partial charge in [-0.3, -0.25) is 0 Å². The Labute approximate surface area is 95.0 Å². The molecule has 1 rings (SSSR count). The topological polar surface area (TPSA) is 12.0 Å². The average molecular weight is 207 g/mol. The zero-order chi connectivity index (χ0) is 11.1. The van der Waals surface area contributed by atoms with Crippen LogP contribution in [-0.4, -0.2) is 12.6 Å². The lowest BCUT2D eigenvalue weighted by Gasteiger charge is -2.32. The molecule has 0 amide bonds. The molecule has 0 aromatic carbocycles. The van der Waals surface area contributed by atoms with Gasteiger partial charge < -0.3 is 5.32 Å². The highest BCUT2D eigenvalue weighted by atomic mass is 14.9. The molecule has 1 heteroatoms. The second kappa shape index (κ2) is 6.90. The maximum atomic E-state index is 5.45. The first-order valence-electron chi connectivity index (χ1n) is 6.44. The van der Waals surface area contributed by atoms with Gasteiger partial charge in [-0.25, -0.2) is 0 Å². The smallest absolute Gasteiger partial charge is 0.0243 e. The highest BCUT2D eigenvalue weighted by Crippen LogP contribution is 2.31. The molecule has 0 bridgehead atoms. The maximum Gasteiger partial charge on any atom is 0.0243 e. The first kappa shape index (κ1) is 12.6. The molecule has 1 saturated carbocycles. The van der Waals surface area contributed by atoms with Crippen LogP contribution >= 0.6 is 0 Å². The molecule has 86 valence electrons. The molecule has 1 N–H and O–H groups in total. The van der Waals surface area contributed by atoms with Crippen LogP contribution in [0.1, 0.15) is 52.4 Å². The van der Waals surface area contributed by atoms with Gasteiger partial charge in [-0.1, -0.05) is 26.7 Å². The Balaban J connectivity index is 2.37. The summed E-state index contributed by atoms with van der Waals surface area (Å²) in [6.45, 7) is 5.69. The Morgan fingerprint density at radius 3 is 2.53 bits per heavy atom. The van der Waals surface area contributed by atoms with Gasteiger partial charge in [0, 0.05) is 12.5 Å². The van der Waals surface area contributed by atoms with Gasteiger partial charge in [0.2, 0.25) is 0 Å². The monoisotopic (exact) mass is 207 g/mol. The largest absolute Gasteiger partial charge is 0.313 e. The third-order valence-corrected chi connectivity index (χ3v) is 3.62. The molecule has 0 radical (unpaired) electrons. The molecule has 0 saturated heterocycles. The van der Waals surface area contributed by atoms with Gasteiger partial charge in [-0.05, 0) is 37.6 Å². The molecule has 1 atom stereocenters. The molecule has 1 fully saturated rings. The maximum absolute atomic E-state index is 5.45. The summed E-state index contributed by atoms with van der Waals surface area (Å²) in [5.74, 6) is 4.58. The summed E-state index contributed by atoms with van der Waals surface area (Å²) in [7, 11) is 0. The van der Waals surface area contributed by atoms with Crippen LogP contribution < -0.4 is 5.32 Å². The van der Waals surface area contributed by atoms with Crippen LogP contribution in [0, 0.1) is 24.2 Å². The second-order valence-electron chi connectivity index (χ2n) is 4.99. The third-order valence-electron chi connectivity index (χ3n) is 3.62. The average Bonchev–Trinajstić information content (AvgIpc) is 2.25. The molecule has 0 aliphatic heterocycles. The number of hydrogen-bond acceptors (Lipinski definition) is 1. The van der Waals surface area contributed by atoms with Crippen LogP contribution in [0.4, 0.5) is 0 Å². The lowest BCUT2D eigenvalue weighted by Crippen LogP contribution is -2.38. The van der Waals surface area contributed by atoms with Crippen LogP contribution in [0.5, 0.6) is 0 Å². The third kappa shape index (κ3) is 4.26. The molecule has 1 unspecified atom stereocenters. The second-order valence-corrected chi connectivity index (χ2v) is 4.99. The highest BCUT2D eigenvalue weighted by molar-refractivity contribution is 4.93. The number of hydrogen-bond donors (Lipinski definition) is 1. The normalized spacial score (nSPS) is 28.3. The van der Waals surface area contributed by atoms with Crippen molar-refractivity contribution in [2.45, 2.75) is 58.4 Å². The Morgan fingerprint density at radius 1 is 1.33 bits per heavy atom. The van der Waals surface area contributed by atoms with E-state index >= 15 is 0 Å². The van der Waals surface area contributed by atoms with E-state index in [1.54, 1.807) is 0 Å². The first-order chi connectivity index (χ1) is 7.27. The predicted molar refractivity (Wildman–Crippen MR) is 66.7 cm³/mol. The molecule has 0 heterocycles. The van der Waals surface area contributed by atoms with Gasteiger partial charge in [-0.2, -0.15) is 0 Å². The van der Waals surface area contributed by atoms with Crippen molar-refractivity contribution in [1.29, 1.82) is 0 Å². The molecule has 0 spiro atoms. The first-order valence-corrected chi connectivity index (χ1v) is 6.44. The van der Waals surface area contributed by atoms with E-state index in [-0.39, 0.29) is 0 Å². The van der Waals surface area contributed by atoms with E-state index in [0.717, 1.165) is 24.8 Å². The Morgan fingerprint density at radius 2 is 2.00 bits per heavy atom. The lowest BCUT2D eigenvalue weighted by molar-refractivity contribution is 0.232. The fourth-order valence-corrected chi connectivity index (χ4v) is 2.55. The zero-order valence-electron chi connectivity index (χ0n) is 10.3. The van der Waals surface area contributed by atoms with Gasteiger partial charge in [0.1, 0.15) is 0 Å². The van der Waals surface area contributed by atoms with Crippen molar-refractivity contribution < 1.29 is 0 Å². The molecule has 1 aliphatic carbocycles. The Bertz CT molecular complexity index is 196. The summed E-state index contributed by atoms with van der Waals surface area (Å²) in [4.78, 5) is 0. The van der Waals surface area contributed by atoms with Gasteiger partial charge in [-0.15, -0.1) is 12.3 Å². The van der Waals surface area contributed by atoms with E-state index in [4.69, 9.17) is 6.42 Å². The SMILES string of the molecule is C#CCC(NCCC)C1CCC(C)CC1. The summed E-state index contributed by atoms with van der Waals surface area (Å²) in [6, 6.07) is 0.572. The van der Waals surface area contributed by atoms with Gasteiger partial charge in [0.05, 0.1) is 0 Å². The van der Waals surface area contributed by atoms with Crippen LogP contribution in [-0.2, 0) is 0 Å². The van der Waals surface area contributed by atoms with Crippen LogP contribution in [0.2, 0.25) is 0 Å². The standard InChI is InChI=1S/C14H25N/c1-4-6-14(15-11-5-2)13-9-7-12(3)8-10-13/h1,12-15H,5-11H2,2-3H3. The molecular weight excluding hydrogens is 182 g/mol. The fourth-order valence-electron chi connectivity index (χ4n) is 2.55. The number of terminal acetylenes is 1. The summed E-state index contributed by atoms with van der Waals surface area (Å²) in [5, 5.41) is 3.61. The van der Waals surface area contributed by atoms with Crippen LogP contribution in [0.3, 0.4) is 0 Å².